The smallest absolute Gasteiger partial charge is 0.151 e. The predicted octanol–water partition coefficient (Wildman–Crippen LogP) is 1.00. The van der Waals surface area contributed by atoms with Crippen molar-refractivity contribution < 1.29 is 4.84 Å². The number of rotatable bonds is 4. The fraction of sp³-hybridized carbons (Fsp3) is 0.400. The molecule has 0 spiro atoms. The molecule has 5 nitrogen and oxygen atoms in total. The molecular weight excluding hydrogens is 192 g/mol. The second kappa shape index (κ2) is 6.78. The predicted molar refractivity (Wildman–Crippen MR) is 63.7 cm³/mol. The van der Waals surface area contributed by atoms with E-state index in [1.165, 1.54) is 0 Å². The summed E-state index contributed by atoms with van der Waals surface area (Å²) >= 11 is 0. The minimum Gasteiger partial charge on any atom is -0.414 e. The highest BCUT2D eigenvalue weighted by atomic mass is 16.6. The Morgan fingerprint density at radius 3 is 2.47 bits per heavy atom. The van der Waals surface area contributed by atoms with Crippen molar-refractivity contribution in [1.82, 2.24) is 5.48 Å². The van der Waals surface area contributed by atoms with Crippen LogP contribution in [0.1, 0.15) is 13.8 Å². The third-order valence-electron chi connectivity index (χ3n) is 1.75. The Labute approximate surface area is 90.4 Å². The highest BCUT2D eigenvalue weighted by molar-refractivity contribution is 6.01. The van der Waals surface area contributed by atoms with Crippen molar-refractivity contribution in [1.29, 1.82) is 0 Å². The molecule has 0 fully saturated rings. The van der Waals surface area contributed by atoms with E-state index >= 15 is 0 Å². The molecule has 0 aromatic rings. The van der Waals surface area contributed by atoms with Gasteiger partial charge in [-0.1, -0.05) is 0 Å². The molecule has 0 amide bonds. The van der Waals surface area contributed by atoms with E-state index in [1.807, 2.05) is 6.92 Å². The monoisotopic (exact) mass is 210 g/mol. The van der Waals surface area contributed by atoms with Crippen molar-refractivity contribution in [2.45, 2.75) is 13.8 Å². The van der Waals surface area contributed by atoms with Gasteiger partial charge in [0.25, 0.3) is 0 Å². The normalized spacial score (nSPS) is 14.7. The van der Waals surface area contributed by atoms with Crippen LogP contribution in [0.3, 0.4) is 0 Å². The lowest BCUT2D eigenvalue weighted by atomic mass is 10.2. The van der Waals surface area contributed by atoms with E-state index in [0.29, 0.717) is 17.3 Å². The van der Waals surface area contributed by atoms with Crippen molar-refractivity contribution in [2.75, 3.05) is 14.1 Å². The van der Waals surface area contributed by atoms with Gasteiger partial charge in [-0.2, -0.15) is 5.48 Å². The summed E-state index contributed by atoms with van der Waals surface area (Å²) in [6.45, 7) is 7.04. The third-order valence-corrected chi connectivity index (χ3v) is 1.75. The summed E-state index contributed by atoms with van der Waals surface area (Å²) in [6, 6.07) is 0. The minimum absolute atomic E-state index is 0.529. The molecule has 0 radical (unpaired) electrons. The van der Waals surface area contributed by atoms with E-state index in [9.17, 15) is 0 Å². The van der Waals surface area contributed by atoms with E-state index in [4.69, 9.17) is 10.6 Å². The molecule has 0 saturated carbocycles. The van der Waals surface area contributed by atoms with E-state index in [1.54, 1.807) is 27.1 Å². The van der Waals surface area contributed by atoms with Gasteiger partial charge in [0.05, 0.1) is 0 Å². The summed E-state index contributed by atoms with van der Waals surface area (Å²) in [7, 11) is 3.32. The van der Waals surface area contributed by atoms with Crippen molar-refractivity contribution in [3.05, 3.63) is 23.1 Å². The SMILES string of the molecule is C=NC(=NC)C(C)=C(N)/C=C(\C)ONC. The molecule has 15 heavy (non-hydrogen) atoms. The maximum Gasteiger partial charge on any atom is 0.151 e. The molecule has 5 heteroatoms. The Bertz CT molecular complexity index is 315. The van der Waals surface area contributed by atoms with Crippen LogP contribution in [0.15, 0.2) is 33.1 Å². The fourth-order valence-corrected chi connectivity index (χ4v) is 1.00. The molecule has 0 aliphatic carbocycles. The van der Waals surface area contributed by atoms with Gasteiger partial charge in [0.2, 0.25) is 0 Å². The molecule has 0 rings (SSSR count). The van der Waals surface area contributed by atoms with Crippen LogP contribution in [0.25, 0.3) is 0 Å². The zero-order valence-electron chi connectivity index (χ0n) is 9.66. The van der Waals surface area contributed by atoms with Gasteiger partial charge in [-0.25, -0.2) is 4.99 Å². The molecule has 0 aromatic carbocycles. The van der Waals surface area contributed by atoms with Crippen LogP contribution < -0.4 is 11.2 Å². The first kappa shape index (κ1) is 13.4. The standard InChI is InChI=1S/C10H18N4O/c1-7(15-14-5)6-9(11)8(2)10(12-3)13-4/h6,14H,3,11H2,1-2,4-5H3/b7-6+,9-8?,13-10?. The van der Waals surface area contributed by atoms with Gasteiger partial charge in [-0.3, -0.25) is 4.99 Å². The van der Waals surface area contributed by atoms with Crippen molar-refractivity contribution in [3.63, 3.8) is 0 Å². The molecule has 0 aliphatic heterocycles. The average Bonchev–Trinajstić information content (AvgIpc) is 2.19. The largest absolute Gasteiger partial charge is 0.414 e. The average molecular weight is 210 g/mol. The second-order valence-corrected chi connectivity index (χ2v) is 2.85. The maximum absolute atomic E-state index is 5.83. The molecule has 0 unspecified atom stereocenters. The molecule has 0 aliphatic rings. The van der Waals surface area contributed by atoms with Crippen molar-refractivity contribution in [2.24, 2.45) is 15.7 Å². The number of amidine groups is 1. The van der Waals surface area contributed by atoms with Gasteiger partial charge in [0.15, 0.2) is 5.84 Å². The third kappa shape index (κ3) is 4.42. The Hall–Kier alpha value is -1.62. The first-order valence-electron chi connectivity index (χ1n) is 4.48. The number of hydroxylamine groups is 1. The Morgan fingerprint density at radius 2 is 2.07 bits per heavy atom. The summed E-state index contributed by atoms with van der Waals surface area (Å²) in [6.07, 6.45) is 1.70. The topological polar surface area (TPSA) is 72.0 Å². The first-order valence-corrected chi connectivity index (χ1v) is 4.48. The van der Waals surface area contributed by atoms with E-state index < -0.39 is 0 Å². The van der Waals surface area contributed by atoms with Gasteiger partial charge in [-0.15, -0.1) is 0 Å². The molecular formula is C10H18N4O. The number of hydrogen-bond donors (Lipinski definition) is 2. The molecule has 0 bridgehead atoms. The van der Waals surface area contributed by atoms with Crippen LogP contribution in [0.4, 0.5) is 0 Å². The molecule has 0 aromatic heterocycles. The zero-order valence-corrected chi connectivity index (χ0v) is 9.66. The van der Waals surface area contributed by atoms with Gasteiger partial charge in [-0.05, 0) is 20.6 Å². The van der Waals surface area contributed by atoms with Crippen LogP contribution in [-0.2, 0) is 4.84 Å². The zero-order chi connectivity index (χ0) is 11.8. The molecule has 84 valence electrons. The van der Waals surface area contributed by atoms with Crippen LogP contribution in [0.5, 0.6) is 0 Å². The quantitative estimate of drug-likeness (QED) is 0.239. The van der Waals surface area contributed by atoms with Gasteiger partial charge >= 0.3 is 0 Å². The van der Waals surface area contributed by atoms with Crippen LogP contribution in [0, 0.1) is 0 Å². The highest BCUT2D eigenvalue weighted by Crippen LogP contribution is 2.06. The molecule has 0 heterocycles. The highest BCUT2D eigenvalue weighted by Gasteiger charge is 2.02. The lowest BCUT2D eigenvalue weighted by Crippen LogP contribution is -2.09. The van der Waals surface area contributed by atoms with Crippen LogP contribution >= 0.6 is 0 Å². The first-order chi connectivity index (χ1) is 7.06. The van der Waals surface area contributed by atoms with Gasteiger partial charge in [0.1, 0.15) is 5.76 Å². The molecule has 0 atom stereocenters. The Kier molecular flexibility index (Phi) is 6.05. The number of allylic oxidation sites excluding steroid dienone is 2. The van der Waals surface area contributed by atoms with Gasteiger partial charge in [0, 0.05) is 31.4 Å². The van der Waals surface area contributed by atoms with E-state index in [2.05, 4.69) is 22.2 Å². The molecule has 0 saturated heterocycles. The number of hydrogen-bond acceptors (Lipinski definition) is 4. The summed E-state index contributed by atoms with van der Waals surface area (Å²) in [5, 5.41) is 0. The lowest BCUT2D eigenvalue weighted by Gasteiger charge is -2.05. The number of aliphatic imine (C=N–C) groups is 2. The van der Waals surface area contributed by atoms with Gasteiger partial charge < -0.3 is 10.6 Å². The summed E-state index contributed by atoms with van der Waals surface area (Å²) in [5.41, 5.74) is 9.71. The molecule has 3 N–H and O–H groups in total. The van der Waals surface area contributed by atoms with Crippen LogP contribution in [-0.4, -0.2) is 26.6 Å². The summed E-state index contributed by atoms with van der Waals surface area (Å²) in [4.78, 5) is 12.7. The van der Waals surface area contributed by atoms with Crippen molar-refractivity contribution >= 4 is 12.6 Å². The lowest BCUT2D eigenvalue weighted by molar-refractivity contribution is 0.128. The number of nitrogens with zero attached hydrogens (tertiary/aromatic N) is 2. The van der Waals surface area contributed by atoms with E-state index in [0.717, 1.165) is 5.57 Å². The number of nitrogens with one attached hydrogen (secondary N) is 1. The second-order valence-electron chi connectivity index (χ2n) is 2.85. The van der Waals surface area contributed by atoms with E-state index in [-0.39, 0.29) is 0 Å². The fourth-order valence-electron chi connectivity index (χ4n) is 1.00. The van der Waals surface area contributed by atoms with Crippen LogP contribution in [0.2, 0.25) is 0 Å². The summed E-state index contributed by atoms with van der Waals surface area (Å²) in [5.74, 6) is 1.19. The Morgan fingerprint density at radius 1 is 1.47 bits per heavy atom. The maximum atomic E-state index is 5.83. The van der Waals surface area contributed by atoms with Crippen molar-refractivity contribution in [3.8, 4) is 0 Å². The summed E-state index contributed by atoms with van der Waals surface area (Å²) < 4.78 is 0. The number of nitrogens with two attached hydrogens (primary N) is 1. The Balaban J connectivity index is 4.94. The minimum atomic E-state index is 0.529.